The average molecular weight is 380 g/mol. The highest BCUT2D eigenvalue weighted by molar-refractivity contribution is 7.99. The number of unbranched alkanes of at least 4 members (excludes halogenated alkanes) is 1. The number of nitro groups is 1. The van der Waals surface area contributed by atoms with Gasteiger partial charge in [0.25, 0.3) is 0 Å². The fraction of sp³-hybridized carbons (Fsp3) is 0.412. The number of halogens is 1. The molecule has 1 aromatic carbocycles. The molecule has 26 heavy (non-hydrogen) atoms. The number of nitrogens with zero attached hydrogens (tertiary/aromatic N) is 3. The molecule has 0 saturated carbocycles. The molecule has 0 saturated heterocycles. The molecule has 0 fully saturated rings. The number of anilines is 1. The molecule has 0 aliphatic heterocycles. The van der Waals surface area contributed by atoms with E-state index in [4.69, 9.17) is 0 Å². The second-order valence-electron chi connectivity index (χ2n) is 5.83. The molecular formula is C17H21FN4O3S. The summed E-state index contributed by atoms with van der Waals surface area (Å²) >= 11 is 1.31. The Labute approximate surface area is 155 Å². The van der Waals surface area contributed by atoms with Gasteiger partial charge in [-0.25, -0.2) is 4.98 Å². The van der Waals surface area contributed by atoms with E-state index in [0.29, 0.717) is 0 Å². The van der Waals surface area contributed by atoms with Crippen LogP contribution >= 0.6 is 11.8 Å². The SMILES string of the molecule is CCCCn1c(SCC(=O)Nc2ccc(F)c([N+](=O)[O-])c2)nc(C)c1C. The number of nitro benzene ring substituents is 1. The van der Waals surface area contributed by atoms with Crippen molar-refractivity contribution < 1.29 is 14.1 Å². The molecule has 0 unspecified atom stereocenters. The monoisotopic (exact) mass is 380 g/mol. The maximum Gasteiger partial charge on any atom is 0.306 e. The van der Waals surface area contributed by atoms with Crippen LogP contribution in [0.25, 0.3) is 0 Å². The van der Waals surface area contributed by atoms with E-state index < -0.39 is 16.4 Å². The zero-order chi connectivity index (χ0) is 19.3. The normalized spacial score (nSPS) is 10.8. The lowest BCUT2D eigenvalue weighted by molar-refractivity contribution is -0.387. The van der Waals surface area contributed by atoms with Crippen molar-refractivity contribution in [2.45, 2.75) is 45.3 Å². The predicted octanol–water partition coefficient (Wildman–Crippen LogP) is 4.08. The van der Waals surface area contributed by atoms with Gasteiger partial charge in [0.05, 0.1) is 16.4 Å². The number of nitrogens with one attached hydrogen (secondary N) is 1. The van der Waals surface area contributed by atoms with Crippen molar-refractivity contribution in [2.24, 2.45) is 0 Å². The minimum Gasteiger partial charge on any atom is -0.325 e. The summed E-state index contributed by atoms with van der Waals surface area (Å²) in [5.41, 5.74) is 1.52. The molecule has 1 amide bonds. The van der Waals surface area contributed by atoms with E-state index in [1.165, 1.54) is 17.8 Å². The van der Waals surface area contributed by atoms with Gasteiger partial charge >= 0.3 is 5.69 Å². The largest absolute Gasteiger partial charge is 0.325 e. The number of carbonyl (C=O) groups is 1. The van der Waals surface area contributed by atoms with Crippen molar-refractivity contribution in [3.8, 4) is 0 Å². The molecule has 0 bridgehead atoms. The van der Waals surface area contributed by atoms with Crippen molar-refractivity contribution in [1.29, 1.82) is 0 Å². The van der Waals surface area contributed by atoms with E-state index in [2.05, 4.69) is 21.8 Å². The first-order chi connectivity index (χ1) is 12.3. The molecule has 2 rings (SSSR count). The number of benzene rings is 1. The Morgan fingerprint density at radius 3 is 2.81 bits per heavy atom. The van der Waals surface area contributed by atoms with E-state index in [1.54, 1.807) is 0 Å². The van der Waals surface area contributed by atoms with Gasteiger partial charge in [0.15, 0.2) is 5.16 Å². The van der Waals surface area contributed by atoms with Gasteiger partial charge in [-0.3, -0.25) is 14.9 Å². The number of amides is 1. The summed E-state index contributed by atoms with van der Waals surface area (Å²) < 4.78 is 15.4. The van der Waals surface area contributed by atoms with Crippen LogP contribution in [0.4, 0.5) is 15.8 Å². The molecule has 2 aromatic rings. The van der Waals surface area contributed by atoms with Gasteiger partial charge in [-0.1, -0.05) is 25.1 Å². The topological polar surface area (TPSA) is 90.1 Å². The molecule has 1 N–H and O–H groups in total. The van der Waals surface area contributed by atoms with Crippen LogP contribution in [-0.4, -0.2) is 26.1 Å². The minimum atomic E-state index is -0.939. The highest BCUT2D eigenvalue weighted by Gasteiger charge is 2.16. The molecule has 1 heterocycles. The maximum absolute atomic E-state index is 13.3. The van der Waals surface area contributed by atoms with E-state index in [0.717, 1.165) is 48.1 Å². The minimum absolute atomic E-state index is 0.104. The Hall–Kier alpha value is -2.42. The lowest BCUT2D eigenvalue weighted by atomic mass is 10.2. The standard InChI is InChI=1S/C17H21FN4O3S/c1-4-5-8-21-12(3)11(2)19-17(21)26-10-16(23)20-13-6-7-14(18)15(9-13)22(24)25/h6-7,9H,4-5,8,10H2,1-3H3,(H,20,23). The second-order valence-corrected chi connectivity index (χ2v) is 6.77. The molecule has 1 aromatic heterocycles. The lowest BCUT2D eigenvalue weighted by Gasteiger charge is -2.09. The molecule has 9 heteroatoms. The summed E-state index contributed by atoms with van der Waals surface area (Å²) in [4.78, 5) is 26.6. The number of carbonyl (C=O) groups excluding carboxylic acids is 1. The predicted molar refractivity (Wildman–Crippen MR) is 99.0 cm³/mol. The summed E-state index contributed by atoms with van der Waals surface area (Å²) in [6, 6.07) is 3.26. The van der Waals surface area contributed by atoms with Gasteiger partial charge in [0.2, 0.25) is 11.7 Å². The second kappa shape index (κ2) is 8.79. The average Bonchev–Trinajstić information content (AvgIpc) is 2.86. The zero-order valence-electron chi connectivity index (χ0n) is 14.9. The molecule has 0 spiro atoms. The lowest BCUT2D eigenvalue weighted by Crippen LogP contribution is -2.15. The smallest absolute Gasteiger partial charge is 0.306 e. The summed E-state index contributed by atoms with van der Waals surface area (Å²) in [5, 5.41) is 14.1. The van der Waals surface area contributed by atoms with E-state index >= 15 is 0 Å². The first kappa shape index (κ1) is 19.9. The summed E-state index contributed by atoms with van der Waals surface area (Å²) in [5.74, 6) is -1.17. The van der Waals surface area contributed by atoms with Crippen LogP contribution in [0.15, 0.2) is 23.4 Å². The van der Waals surface area contributed by atoms with Crippen molar-refractivity contribution in [2.75, 3.05) is 11.1 Å². The Morgan fingerprint density at radius 2 is 2.15 bits per heavy atom. The molecule has 0 aliphatic rings. The molecule has 0 radical (unpaired) electrons. The summed E-state index contributed by atoms with van der Waals surface area (Å²) in [7, 11) is 0. The van der Waals surface area contributed by atoms with E-state index in [1.807, 2.05) is 13.8 Å². The number of aromatic nitrogens is 2. The summed E-state index contributed by atoms with van der Waals surface area (Å²) in [6.45, 7) is 6.89. The quantitative estimate of drug-likeness (QED) is 0.423. The van der Waals surface area contributed by atoms with Crippen LogP contribution in [0, 0.1) is 29.8 Å². The third-order valence-electron chi connectivity index (χ3n) is 3.92. The van der Waals surface area contributed by atoms with Gasteiger partial charge in [0, 0.05) is 24.0 Å². The number of rotatable bonds is 8. The number of hydrogen-bond donors (Lipinski definition) is 1. The Morgan fingerprint density at radius 1 is 1.42 bits per heavy atom. The zero-order valence-corrected chi connectivity index (χ0v) is 15.7. The Balaban J connectivity index is 2.02. The first-order valence-electron chi connectivity index (χ1n) is 8.23. The van der Waals surface area contributed by atoms with Crippen LogP contribution in [0.3, 0.4) is 0 Å². The van der Waals surface area contributed by atoms with E-state index in [9.17, 15) is 19.3 Å². The van der Waals surface area contributed by atoms with Crippen LogP contribution in [-0.2, 0) is 11.3 Å². The highest BCUT2D eigenvalue weighted by atomic mass is 32.2. The van der Waals surface area contributed by atoms with Crippen molar-refractivity contribution in [3.63, 3.8) is 0 Å². The highest BCUT2D eigenvalue weighted by Crippen LogP contribution is 2.24. The van der Waals surface area contributed by atoms with Crippen LogP contribution in [0.5, 0.6) is 0 Å². The molecule has 0 atom stereocenters. The summed E-state index contributed by atoms with van der Waals surface area (Å²) in [6.07, 6.45) is 2.08. The number of thioether (sulfide) groups is 1. The fourth-order valence-electron chi connectivity index (χ4n) is 2.37. The number of aryl methyl sites for hydroxylation is 1. The van der Waals surface area contributed by atoms with Gasteiger partial charge < -0.3 is 9.88 Å². The van der Waals surface area contributed by atoms with Gasteiger partial charge in [0.1, 0.15) is 0 Å². The van der Waals surface area contributed by atoms with Gasteiger partial charge in [-0.05, 0) is 32.4 Å². The molecule has 0 aliphatic carbocycles. The van der Waals surface area contributed by atoms with Crippen LogP contribution in [0.1, 0.15) is 31.2 Å². The number of hydrogen-bond acceptors (Lipinski definition) is 5. The molecule has 140 valence electrons. The first-order valence-corrected chi connectivity index (χ1v) is 9.22. The fourth-order valence-corrected chi connectivity index (χ4v) is 3.29. The molecular weight excluding hydrogens is 359 g/mol. The van der Waals surface area contributed by atoms with Crippen LogP contribution in [0.2, 0.25) is 0 Å². The van der Waals surface area contributed by atoms with Crippen LogP contribution < -0.4 is 5.32 Å². The van der Waals surface area contributed by atoms with Gasteiger partial charge in [-0.2, -0.15) is 4.39 Å². The third-order valence-corrected chi connectivity index (χ3v) is 4.89. The van der Waals surface area contributed by atoms with Crippen molar-refractivity contribution >= 4 is 29.0 Å². The van der Waals surface area contributed by atoms with E-state index in [-0.39, 0.29) is 17.3 Å². The van der Waals surface area contributed by atoms with Crippen molar-refractivity contribution in [3.05, 3.63) is 45.5 Å². The molecule has 7 nitrogen and oxygen atoms in total. The third kappa shape index (κ3) is 4.81. The number of imidazole rings is 1. The Bertz CT molecular complexity index is 823. The van der Waals surface area contributed by atoms with Gasteiger partial charge in [-0.15, -0.1) is 0 Å². The Kier molecular flexibility index (Phi) is 6.73. The van der Waals surface area contributed by atoms with Crippen molar-refractivity contribution in [1.82, 2.24) is 9.55 Å². The maximum atomic E-state index is 13.3.